The highest BCUT2D eigenvalue weighted by molar-refractivity contribution is 7.08. The molecule has 1 saturated heterocycles. The Morgan fingerprint density at radius 3 is 2.65 bits per heavy atom. The standard InChI is InChI=1S/C21H27N5O4S/c1-29-20(28)15-12-31-13-18(15)23-19(27)11-14-7-9-26(10-8-14)21(22)24-16-5-3-4-6-17(16)25-30-2/h3-6,12-14,25H,7-11H2,1-2H3,(H2,22,24)(H,23,27). The molecule has 0 unspecified atom stereocenters. The quantitative estimate of drug-likeness (QED) is 0.259. The molecule has 0 aliphatic carbocycles. The Labute approximate surface area is 185 Å². The number of nitrogens with zero attached hydrogens (tertiary/aromatic N) is 2. The highest BCUT2D eigenvalue weighted by Gasteiger charge is 2.24. The van der Waals surface area contributed by atoms with E-state index in [9.17, 15) is 9.59 Å². The maximum absolute atomic E-state index is 12.5. The molecule has 31 heavy (non-hydrogen) atoms. The van der Waals surface area contributed by atoms with E-state index in [0.717, 1.165) is 31.6 Å². The molecule has 2 aromatic rings. The number of benzene rings is 1. The van der Waals surface area contributed by atoms with Gasteiger partial charge >= 0.3 is 5.97 Å². The van der Waals surface area contributed by atoms with Gasteiger partial charge in [0.15, 0.2) is 5.96 Å². The summed E-state index contributed by atoms with van der Waals surface area (Å²) in [5, 5.41) is 6.23. The smallest absolute Gasteiger partial charge is 0.340 e. The Morgan fingerprint density at radius 1 is 1.19 bits per heavy atom. The van der Waals surface area contributed by atoms with E-state index in [1.165, 1.54) is 18.4 Å². The van der Waals surface area contributed by atoms with Gasteiger partial charge < -0.3 is 20.7 Å². The number of para-hydroxylation sites is 2. The molecule has 166 valence electrons. The van der Waals surface area contributed by atoms with Gasteiger partial charge in [0.1, 0.15) is 0 Å². The molecule has 1 aliphatic rings. The zero-order valence-electron chi connectivity index (χ0n) is 17.6. The summed E-state index contributed by atoms with van der Waals surface area (Å²) >= 11 is 1.34. The summed E-state index contributed by atoms with van der Waals surface area (Å²) < 4.78 is 4.74. The third-order valence-corrected chi connectivity index (χ3v) is 5.85. The van der Waals surface area contributed by atoms with Gasteiger partial charge in [0.05, 0.1) is 36.8 Å². The van der Waals surface area contributed by atoms with E-state index < -0.39 is 5.97 Å². The second kappa shape index (κ2) is 10.8. The van der Waals surface area contributed by atoms with Gasteiger partial charge in [-0.3, -0.25) is 15.1 Å². The van der Waals surface area contributed by atoms with Gasteiger partial charge in [-0.2, -0.15) is 0 Å². The third kappa shape index (κ3) is 5.96. The van der Waals surface area contributed by atoms with Crippen molar-refractivity contribution < 1.29 is 19.2 Å². The number of esters is 1. The van der Waals surface area contributed by atoms with Gasteiger partial charge in [-0.15, -0.1) is 11.3 Å². The lowest BCUT2D eigenvalue weighted by Gasteiger charge is -2.32. The van der Waals surface area contributed by atoms with Crippen LogP contribution in [0.5, 0.6) is 0 Å². The van der Waals surface area contributed by atoms with E-state index in [4.69, 9.17) is 15.3 Å². The number of nitrogens with two attached hydrogens (primary N) is 1. The molecule has 1 fully saturated rings. The number of methoxy groups -OCH3 is 1. The molecule has 0 atom stereocenters. The number of nitrogens with one attached hydrogen (secondary N) is 2. The summed E-state index contributed by atoms with van der Waals surface area (Å²) in [6.07, 6.45) is 2.05. The topological polar surface area (TPSA) is 118 Å². The van der Waals surface area contributed by atoms with Gasteiger partial charge in [0.25, 0.3) is 0 Å². The van der Waals surface area contributed by atoms with Gasteiger partial charge in [0, 0.05) is 30.3 Å². The Balaban J connectivity index is 1.52. The predicted octanol–water partition coefficient (Wildman–Crippen LogP) is 3.20. The normalized spacial score (nSPS) is 14.9. The van der Waals surface area contributed by atoms with Crippen molar-refractivity contribution in [3.63, 3.8) is 0 Å². The molecule has 0 spiro atoms. The first-order valence-electron chi connectivity index (χ1n) is 9.93. The lowest BCUT2D eigenvalue weighted by molar-refractivity contribution is -0.117. The molecule has 3 rings (SSSR count). The molecular weight excluding hydrogens is 418 g/mol. The summed E-state index contributed by atoms with van der Waals surface area (Å²) in [5.41, 5.74) is 11.3. The van der Waals surface area contributed by atoms with Crippen LogP contribution in [0, 0.1) is 5.92 Å². The van der Waals surface area contributed by atoms with E-state index in [-0.39, 0.29) is 11.8 Å². The minimum absolute atomic E-state index is 0.108. The largest absolute Gasteiger partial charge is 0.465 e. The maximum atomic E-state index is 12.5. The number of carbonyl (C=O) groups is 2. The highest BCUT2D eigenvalue weighted by Crippen LogP contribution is 2.27. The van der Waals surface area contributed by atoms with Crippen LogP contribution in [0.4, 0.5) is 17.1 Å². The first kappa shape index (κ1) is 22.6. The summed E-state index contributed by atoms with van der Waals surface area (Å²) in [5.74, 6) is 0.117. The number of amides is 1. The number of hydrogen-bond acceptors (Lipinski definition) is 7. The maximum Gasteiger partial charge on any atom is 0.340 e. The molecule has 2 heterocycles. The van der Waals surface area contributed by atoms with E-state index in [1.54, 1.807) is 17.9 Å². The van der Waals surface area contributed by atoms with Crippen LogP contribution in [0.2, 0.25) is 0 Å². The fourth-order valence-electron chi connectivity index (χ4n) is 3.45. The summed E-state index contributed by atoms with van der Waals surface area (Å²) in [6.45, 7) is 1.44. The van der Waals surface area contributed by atoms with Gasteiger partial charge in [-0.05, 0) is 30.9 Å². The van der Waals surface area contributed by atoms with E-state index in [0.29, 0.717) is 29.3 Å². The van der Waals surface area contributed by atoms with Crippen LogP contribution >= 0.6 is 11.3 Å². The van der Waals surface area contributed by atoms with Crippen LogP contribution in [0.1, 0.15) is 29.6 Å². The average Bonchev–Trinajstić information content (AvgIpc) is 3.23. The molecule has 1 aromatic heterocycles. The summed E-state index contributed by atoms with van der Waals surface area (Å²) in [4.78, 5) is 35.7. The van der Waals surface area contributed by atoms with Crippen molar-refractivity contribution in [2.75, 3.05) is 38.1 Å². The van der Waals surface area contributed by atoms with E-state index in [1.807, 2.05) is 29.2 Å². The fraction of sp³-hybridized carbons (Fsp3) is 0.381. The van der Waals surface area contributed by atoms with Crippen molar-refractivity contribution >= 4 is 46.2 Å². The Bertz CT molecular complexity index is 937. The molecule has 10 heteroatoms. The van der Waals surface area contributed by atoms with Crippen LogP contribution < -0.4 is 16.5 Å². The van der Waals surface area contributed by atoms with Crippen LogP contribution in [-0.4, -0.2) is 50.0 Å². The first-order chi connectivity index (χ1) is 15.0. The number of ether oxygens (including phenoxy) is 1. The average molecular weight is 446 g/mol. The lowest BCUT2D eigenvalue weighted by Crippen LogP contribution is -2.43. The summed E-state index contributed by atoms with van der Waals surface area (Å²) in [7, 11) is 2.86. The minimum atomic E-state index is -0.457. The first-order valence-corrected chi connectivity index (χ1v) is 10.9. The zero-order chi connectivity index (χ0) is 22.2. The monoisotopic (exact) mass is 445 g/mol. The molecule has 0 bridgehead atoms. The van der Waals surface area contributed by atoms with Gasteiger partial charge in [-0.25, -0.2) is 9.79 Å². The van der Waals surface area contributed by atoms with E-state index in [2.05, 4.69) is 15.8 Å². The number of carbonyl (C=O) groups excluding carboxylic acids is 2. The molecule has 1 aromatic carbocycles. The van der Waals surface area contributed by atoms with Gasteiger partial charge in [0.2, 0.25) is 5.91 Å². The lowest BCUT2D eigenvalue weighted by atomic mass is 9.93. The van der Waals surface area contributed by atoms with Gasteiger partial charge in [-0.1, -0.05) is 12.1 Å². The number of aliphatic imine (C=N–C) groups is 1. The molecule has 4 N–H and O–H groups in total. The molecule has 1 aliphatic heterocycles. The highest BCUT2D eigenvalue weighted by atomic mass is 32.1. The van der Waals surface area contributed by atoms with Crippen molar-refractivity contribution in [3.05, 3.63) is 40.6 Å². The third-order valence-electron chi connectivity index (χ3n) is 5.11. The number of anilines is 2. The molecule has 0 saturated carbocycles. The van der Waals surface area contributed by atoms with Crippen LogP contribution in [0.3, 0.4) is 0 Å². The zero-order valence-corrected chi connectivity index (χ0v) is 18.4. The Morgan fingerprint density at radius 2 is 1.94 bits per heavy atom. The number of hydrogen-bond donors (Lipinski definition) is 3. The van der Waals surface area contributed by atoms with Crippen molar-refractivity contribution in [3.8, 4) is 0 Å². The Hall–Kier alpha value is -3.11. The number of likely N-dealkylation sites (tertiary alicyclic amines) is 1. The molecule has 0 radical (unpaired) electrons. The van der Waals surface area contributed by atoms with Crippen LogP contribution in [0.15, 0.2) is 40.0 Å². The number of guanidine groups is 1. The van der Waals surface area contributed by atoms with Crippen molar-refractivity contribution in [2.24, 2.45) is 16.6 Å². The number of rotatable bonds is 7. The second-order valence-electron chi connectivity index (χ2n) is 7.17. The van der Waals surface area contributed by atoms with Crippen molar-refractivity contribution in [2.45, 2.75) is 19.3 Å². The molecular formula is C21H27N5O4S. The minimum Gasteiger partial charge on any atom is -0.465 e. The van der Waals surface area contributed by atoms with Crippen molar-refractivity contribution in [1.29, 1.82) is 0 Å². The van der Waals surface area contributed by atoms with Crippen LogP contribution in [0.25, 0.3) is 0 Å². The van der Waals surface area contributed by atoms with Crippen molar-refractivity contribution in [1.82, 2.24) is 4.90 Å². The van der Waals surface area contributed by atoms with E-state index >= 15 is 0 Å². The molecule has 9 nitrogen and oxygen atoms in total. The SMILES string of the molecule is CONc1ccccc1N=C(N)N1CCC(CC(=O)Nc2cscc2C(=O)OC)CC1. The fourth-order valence-corrected chi connectivity index (χ4v) is 4.20. The number of thiophene rings is 1. The molecule has 1 amide bonds. The summed E-state index contributed by atoms with van der Waals surface area (Å²) in [6, 6.07) is 7.49. The predicted molar refractivity (Wildman–Crippen MR) is 122 cm³/mol. The number of piperidine rings is 1. The Kier molecular flexibility index (Phi) is 7.85. The second-order valence-corrected chi connectivity index (χ2v) is 7.91. The van der Waals surface area contributed by atoms with Crippen LogP contribution in [-0.2, 0) is 14.4 Å².